The number of carbonyl (C=O) groups is 1. The lowest BCUT2D eigenvalue weighted by Crippen LogP contribution is -2.36. The van der Waals surface area contributed by atoms with Crippen LogP contribution in [0.2, 0.25) is 0 Å². The van der Waals surface area contributed by atoms with E-state index in [1.54, 1.807) is 23.3 Å². The summed E-state index contributed by atoms with van der Waals surface area (Å²) < 4.78 is 1.99. The van der Waals surface area contributed by atoms with Gasteiger partial charge in [0.15, 0.2) is 0 Å². The Hall–Kier alpha value is -2.74. The van der Waals surface area contributed by atoms with E-state index in [1.165, 1.54) is 11.3 Å². The summed E-state index contributed by atoms with van der Waals surface area (Å²) in [5, 5.41) is 9.55. The molecule has 4 heterocycles. The van der Waals surface area contributed by atoms with Gasteiger partial charge in [-0.05, 0) is 18.2 Å². The Morgan fingerprint density at radius 3 is 3.00 bits per heavy atom. The van der Waals surface area contributed by atoms with Crippen LogP contribution in [0.15, 0.2) is 47.5 Å². The molecule has 1 aliphatic rings. The van der Waals surface area contributed by atoms with Crippen molar-refractivity contribution in [2.24, 2.45) is 5.92 Å². The van der Waals surface area contributed by atoms with Gasteiger partial charge in [0.05, 0.1) is 17.7 Å². The summed E-state index contributed by atoms with van der Waals surface area (Å²) in [6.07, 6.45) is 3.55. The lowest BCUT2D eigenvalue weighted by molar-refractivity contribution is 0.0719. The topological polar surface area (TPSA) is 75.9 Å². The van der Waals surface area contributed by atoms with E-state index in [4.69, 9.17) is 0 Å². The quantitative estimate of drug-likeness (QED) is 0.777. The average molecular weight is 354 g/mol. The maximum atomic E-state index is 12.8. The van der Waals surface area contributed by atoms with Crippen LogP contribution in [0.4, 0.5) is 5.82 Å². The standard InChI is InChI=1S/C17H18N6OS/c24-17(15-11-25-12-20-15)22-8-13(7-19-16-3-1-2-5-18-16)9-23-14(10-22)4-6-21-23/h1-6,11-13H,7-10H2,(H,18,19). The number of aromatic nitrogens is 4. The molecule has 4 rings (SSSR count). The Kier molecular flexibility index (Phi) is 4.43. The predicted molar refractivity (Wildman–Crippen MR) is 95.3 cm³/mol. The first-order valence-electron chi connectivity index (χ1n) is 8.12. The number of pyridine rings is 1. The van der Waals surface area contributed by atoms with Gasteiger partial charge in [0.1, 0.15) is 11.5 Å². The maximum absolute atomic E-state index is 12.8. The van der Waals surface area contributed by atoms with Crippen LogP contribution >= 0.6 is 11.3 Å². The van der Waals surface area contributed by atoms with Crippen molar-refractivity contribution in [1.82, 2.24) is 24.6 Å². The SMILES string of the molecule is O=C(c1cscn1)N1Cc2ccnn2CC(CNc2ccccn2)C1. The van der Waals surface area contributed by atoms with Gasteiger partial charge in [-0.3, -0.25) is 9.48 Å². The molecule has 0 radical (unpaired) electrons. The number of rotatable bonds is 4. The Bertz CT molecular complexity index is 832. The van der Waals surface area contributed by atoms with Gasteiger partial charge in [-0.1, -0.05) is 6.07 Å². The molecule has 128 valence electrons. The van der Waals surface area contributed by atoms with E-state index in [-0.39, 0.29) is 11.8 Å². The highest BCUT2D eigenvalue weighted by Gasteiger charge is 2.27. The molecule has 1 N–H and O–H groups in total. The maximum Gasteiger partial charge on any atom is 0.273 e. The molecule has 3 aromatic heterocycles. The van der Waals surface area contributed by atoms with E-state index in [0.29, 0.717) is 18.8 Å². The van der Waals surface area contributed by atoms with E-state index < -0.39 is 0 Å². The van der Waals surface area contributed by atoms with Crippen LogP contribution in [0.25, 0.3) is 0 Å². The lowest BCUT2D eigenvalue weighted by Gasteiger charge is -2.23. The van der Waals surface area contributed by atoms with Gasteiger partial charge < -0.3 is 10.2 Å². The van der Waals surface area contributed by atoms with Crippen LogP contribution in [-0.2, 0) is 13.1 Å². The van der Waals surface area contributed by atoms with Crippen molar-refractivity contribution in [1.29, 1.82) is 0 Å². The molecule has 0 saturated carbocycles. The molecular formula is C17H18N6OS. The van der Waals surface area contributed by atoms with Gasteiger partial charge in [0.2, 0.25) is 0 Å². The molecule has 0 saturated heterocycles. The van der Waals surface area contributed by atoms with Crippen LogP contribution in [0.1, 0.15) is 16.2 Å². The first kappa shape index (κ1) is 15.8. The molecule has 0 aliphatic carbocycles. The first-order valence-corrected chi connectivity index (χ1v) is 9.07. The fourth-order valence-corrected chi connectivity index (χ4v) is 3.54. The third-order valence-electron chi connectivity index (χ3n) is 4.24. The molecule has 1 atom stereocenters. The first-order chi connectivity index (χ1) is 12.3. The lowest BCUT2D eigenvalue weighted by atomic mass is 10.1. The van der Waals surface area contributed by atoms with Crippen molar-refractivity contribution < 1.29 is 4.79 Å². The molecule has 1 amide bonds. The number of hydrogen-bond donors (Lipinski definition) is 1. The van der Waals surface area contributed by atoms with Crippen molar-refractivity contribution in [2.75, 3.05) is 18.4 Å². The van der Waals surface area contributed by atoms with Crippen molar-refractivity contribution in [3.8, 4) is 0 Å². The summed E-state index contributed by atoms with van der Waals surface area (Å²) in [7, 11) is 0. The third-order valence-corrected chi connectivity index (χ3v) is 4.83. The molecule has 1 aliphatic heterocycles. The average Bonchev–Trinajstić information content (AvgIpc) is 3.29. The van der Waals surface area contributed by atoms with Crippen LogP contribution in [0, 0.1) is 5.92 Å². The van der Waals surface area contributed by atoms with E-state index in [0.717, 1.165) is 24.6 Å². The van der Waals surface area contributed by atoms with Crippen LogP contribution in [0.5, 0.6) is 0 Å². The summed E-state index contributed by atoms with van der Waals surface area (Å²) in [5.74, 6) is 1.04. The minimum Gasteiger partial charge on any atom is -0.370 e. The Morgan fingerprint density at radius 1 is 1.24 bits per heavy atom. The van der Waals surface area contributed by atoms with Crippen LogP contribution < -0.4 is 5.32 Å². The highest BCUT2D eigenvalue weighted by Crippen LogP contribution is 2.19. The molecule has 0 spiro atoms. The molecule has 0 bridgehead atoms. The summed E-state index contributed by atoms with van der Waals surface area (Å²) in [6.45, 7) is 2.69. The normalized spacial score (nSPS) is 17.0. The molecule has 8 heteroatoms. The summed E-state index contributed by atoms with van der Waals surface area (Å²) >= 11 is 1.44. The zero-order valence-electron chi connectivity index (χ0n) is 13.6. The molecule has 0 fully saturated rings. The molecule has 25 heavy (non-hydrogen) atoms. The van der Waals surface area contributed by atoms with E-state index >= 15 is 0 Å². The monoisotopic (exact) mass is 354 g/mol. The minimum absolute atomic E-state index is 0.0289. The van der Waals surface area contributed by atoms with Gasteiger partial charge in [0.25, 0.3) is 5.91 Å². The molecule has 1 unspecified atom stereocenters. The number of thiazole rings is 1. The smallest absolute Gasteiger partial charge is 0.273 e. The summed E-state index contributed by atoms with van der Waals surface area (Å²) in [4.78, 5) is 23.1. The largest absolute Gasteiger partial charge is 0.370 e. The summed E-state index contributed by atoms with van der Waals surface area (Å²) in [6, 6.07) is 7.75. The Labute approximate surface area is 149 Å². The second-order valence-corrected chi connectivity index (χ2v) is 6.74. The Morgan fingerprint density at radius 2 is 2.20 bits per heavy atom. The van der Waals surface area contributed by atoms with Gasteiger partial charge in [-0.25, -0.2) is 9.97 Å². The van der Waals surface area contributed by atoms with Gasteiger partial charge >= 0.3 is 0 Å². The highest BCUT2D eigenvalue weighted by molar-refractivity contribution is 7.07. The predicted octanol–water partition coefficient (Wildman–Crippen LogP) is 2.12. The highest BCUT2D eigenvalue weighted by atomic mass is 32.1. The van der Waals surface area contributed by atoms with Crippen molar-refractivity contribution in [2.45, 2.75) is 13.1 Å². The number of anilines is 1. The molecule has 0 aromatic carbocycles. The minimum atomic E-state index is -0.0289. The van der Waals surface area contributed by atoms with Gasteiger partial charge in [-0.15, -0.1) is 11.3 Å². The Balaban J connectivity index is 1.52. The number of nitrogens with one attached hydrogen (secondary N) is 1. The number of carbonyl (C=O) groups excluding carboxylic acids is 1. The van der Waals surface area contributed by atoms with Crippen molar-refractivity contribution in [3.05, 3.63) is 58.9 Å². The van der Waals surface area contributed by atoms with E-state index in [1.807, 2.05) is 33.8 Å². The van der Waals surface area contributed by atoms with Crippen molar-refractivity contribution >= 4 is 23.1 Å². The number of nitrogens with zero attached hydrogens (tertiary/aromatic N) is 5. The second-order valence-electron chi connectivity index (χ2n) is 6.03. The van der Waals surface area contributed by atoms with E-state index in [9.17, 15) is 4.79 Å². The third kappa shape index (κ3) is 3.53. The molecule has 3 aromatic rings. The zero-order chi connectivity index (χ0) is 17.1. The van der Waals surface area contributed by atoms with Crippen molar-refractivity contribution in [3.63, 3.8) is 0 Å². The summed E-state index contributed by atoms with van der Waals surface area (Å²) in [5.41, 5.74) is 3.24. The molecular weight excluding hydrogens is 336 g/mol. The fraction of sp³-hybridized carbons (Fsp3) is 0.294. The zero-order valence-corrected chi connectivity index (χ0v) is 14.4. The van der Waals surface area contributed by atoms with Crippen LogP contribution in [-0.4, -0.2) is 43.6 Å². The van der Waals surface area contributed by atoms with Crippen LogP contribution in [0.3, 0.4) is 0 Å². The number of fused-ring (bicyclic) bond motifs is 1. The van der Waals surface area contributed by atoms with Gasteiger partial charge in [0, 0.05) is 43.3 Å². The number of hydrogen-bond acceptors (Lipinski definition) is 6. The molecule has 7 nitrogen and oxygen atoms in total. The second kappa shape index (κ2) is 7.02. The van der Waals surface area contributed by atoms with E-state index in [2.05, 4.69) is 20.4 Å². The fourth-order valence-electron chi connectivity index (χ4n) is 3.01. The van der Waals surface area contributed by atoms with Gasteiger partial charge in [-0.2, -0.15) is 5.10 Å². The number of amides is 1.